The molecule has 1 saturated heterocycles. The molecule has 0 unspecified atom stereocenters. The van der Waals surface area contributed by atoms with Gasteiger partial charge in [-0.15, -0.1) is 0 Å². The van der Waals surface area contributed by atoms with Gasteiger partial charge in [-0.2, -0.15) is 4.31 Å². The van der Waals surface area contributed by atoms with E-state index < -0.39 is 10.0 Å². The predicted molar refractivity (Wildman–Crippen MR) is 91.5 cm³/mol. The summed E-state index contributed by atoms with van der Waals surface area (Å²) in [5.41, 5.74) is 5.68. The lowest BCUT2D eigenvalue weighted by molar-refractivity contribution is 0.272. The molecule has 1 aliphatic rings. The molecule has 7 nitrogen and oxygen atoms in total. The molecular weight excluding hydrogens is 326 g/mol. The number of nitrogens with two attached hydrogens (primary N) is 1. The Morgan fingerprint density at radius 2 is 1.83 bits per heavy atom. The van der Waals surface area contributed by atoms with Crippen molar-refractivity contribution in [3.63, 3.8) is 0 Å². The van der Waals surface area contributed by atoms with Gasteiger partial charge in [0.2, 0.25) is 10.0 Å². The molecule has 128 valence electrons. The Morgan fingerprint density at radius 3 is 2.58 bits per heavy atom. The van der Waals surface area contributed by atoms with E-state index in [1.807, 2.05) is 6.07 Å². The van der Waals surface area contributed by atoms with Gasteiger partial charge >= 0.3 is 0 Å². The maximum absolute atomic E-state index is 12.7. The first-order valence-corrected chi connectivity index (χ1v) is 9.35. The molecule has 1 aliphatic heterocycles. The van der Waals surface area contributed by atoms with Gasteiger partial charge in [0, 0.05) is 25.8 Å². The van der Waals surface area contributed by atoms with Crippen molar-refractivity contribution in [2.45, 2.75) is 17.9 Å². The summed E-state index contributed by atoms with van der Waals surface area (Å²) >= 11 is 0. The average Bonchev–Trinajstić information content (AvgIpc) is 2.82. The number of aromatic nitrogens is 2. The summed E-state index contributed by atoms with van der Waals surface area (Å²) < 4.78 is 27.0. The van der Waals surface area contributed by atoms with Gasteiger partial charge in [0.15, 0.2) is 0 Å². The third kappa shape index (κ3) is 3.89. The van der Waals surface area contributed by atoms with Gasteiger partial charge in [-0.25, -0.2) is 18.4 Å². The first-order chi connectivity index (χ1) is 11.6. The Balaban J connectivity index is 1.67. The minimum absolute atomic E-state index is 0.345. The third-order valence-electron chi connectivity index (χ3n) is 4.02. The Morgan fingerprint density at radius 1 is 1.04 bits per heavy atom. The zero-order valence-corrected chi connectivity index (χ0v) is 14.2. The summed E-state index contributed by atoms with van der Waals surface area (Å²) in [5, 5.41) is 0. The molecule has 0 aliphatic carbocycles. The van der Waals surface area contributed by atoms with Crippen LogP contribution in [0.2, 0.25) is 0 Å². The molecule has 0 radical (unpaired) electrons. The number of benzene rings is 1. The lowest BCUT2D eigenvalue weighted by Crippen LogP contribution is -2.35. The van der Waals surface area contributed by atoms with E-state index in [0.29, 0.717) is 42.7 Å². The summed E-state index contributed by atoms with van der Waals surface area (Å²) in [6.45, 7) is 3.00. The molecular formula is C16H21N5O2S. The highest BCUT2D eigenvalue weighted by atomic mass is 32.2. The lowest BCUT2D eigenvalue weighted by Gasteiger charge is -2.21. The number of hydrogen-bond acceptors (Lipinski definition) is 6. The van der Waals surface area contributed by atoms with E-state index in [4.69, 9.17) is 5.73 Å². The molecule has 1 aromatic carbocycles. The molecule has 2 N–H and O–H groups in total. The van der Waals surface area contributed by atoms with E-state index in [-0.39, 0.29) is 0 Å². The quantitative estimate of drug-likeness (QED) is 0.885. The zero-order chi connectivity index (χ0) is 17.0. The molecule has 0 saturated carbocycles. The summed E-state index contributed by atoms with van der Waals surface area (Å²) in [5.74, 6) is 1.11. The summed E-state index contributed by atoms with van der Waals surface area (Å²) in [6.07, 6.45) is 2.41. The van der Waals surface area contributed by atoms with E-state index in [1.165, 1.54) is 0 Å². The highest BCUT2D eigenvalue weighted by molar-refractivity contribution is 7.89. The molecule has 2 aromatic rings. The molecule has 3 rings (SSSR count). The van der Waals surface area contributed by atoms with Crippen molar-refractivity contribution in [2.75, 3.05) is 31.9 Å². The minimum Gasteiger partial charge on any atom is -0.384 e. The van der Waals surface area contributed by atoms with Gasteiger partial charge in [0.05, 0.1) is 11.4 Å². The van der Waals surface area contributed by atoms with E-state index >= 15 is 0 Å². The van der Waals surface area contributed by atoms with Crippen LogP contribution >= 0.6 is 0 Å². The van der Waals surface area contributed by atoms with Gasteiger partial charge < -0.3 is 5.73 Å². The van der Waals surface area contributed by atoms with Crippen molar-refractivity contribution in [2.24, 2.45) is 0 Å². The van der Waals surface area contributed by atoms with Gasteiger partial charge in [-0.05, 0) is 31.2 Å². The molecule has 1 aromatic heterocycles. The molecule has 2 heterocycles. The smallest absolute Gasteiger partial charge is 0.243 e. The average molecular weight is 347 g/mol. The van der Waals surface area contributed by atoms with Crippen LogP contribution in [0.25, 0.3) is 0 Å². The summed E-state index contributed by atoms with van der Waals surface area (Å²) in [4.78, 5) is 10.9. The molecule has 0 atom stereocenters. The van der Waals surface area contributed by atoms with Crippen molar-refractivity contribution in [3.8, 4) is 0 Å². The van der Waals surface area contributed by atoms with Crippen molar-refractivity contribution in [1.29, 1.82) is 0 Å². The van der Waals surface area contributed by atoms with E-state index in [2.05, 4.69) is 14.9 Å². The highest BCUT2D eigenvalue weighted by Gasteiger charge is 2.26. The first kappa shape index (κ1) is 16.8. The SMILES string of the molecule is Nc1ccnc(CN2CCCN(S(=O)(=O)c3ccccc3)CC2)n1. The van der Waals surface area contributed by atoms with Crippen LogP contribution in [0, 0.1) is 0 Å². The zero-order valence-electron chi connectivity index (χ0n) is 13.4. The standard InChI is InChI=1S/C16H21N5O2S/c17-15-7-8-18-16(19-15)13-20-9-4-10-21(12-11-20)24(22,23)14-5-2-1-3-6-14/h1-3,5-8H,4,9-13H2,(H2,17,18,19). The number of sulfonamides is 1. The molecule has 0 spiro atoms. The Hall–Kier alpha value is -2.03. The fraction of sp³-hybridized carbons (Fsp3) is 0.375. The van der Waals surface area contributed by atoms with Gasteiger partial charge in [0.1, 0.15) is 11.6 Å². The van der Waals surface area contributed by atoms with Crippen LogP contribution in [0.3, 0.4) is 0 Å². The number of nitrogen functional groups attached to an aromatic ring is 1. The molecule has 0 bridgehead atoms. The fourth-order valence-electron chi connectivity index (χ4n) is 2.78. The van der Waals surface area contributed by atoms with Crippen LogP contribution in [0.4, 0.5) is 5.82 Å². The summed E-state index contributed by atoms with van der Waals surface area (Å²) in [7, 11) is -3.43. The number of rotatable bonds is 4. The van der Waals surface area contributed by atoms with Crippen LogP contribution in [0.5, 0.6) is 0 Å². The molecule has 1 fully saturated rings. The Bertz CT molecular complexity index is 782. The maximum Gasteiger partial charge on any atom is 0.243 e. The Kier molecular flexibility index (Phi) is 5.08. The van der Waals surface area contributed by atoms with Crippen LogP contribution in [-0.4, -0.2) is 53.8 Å². The fourth-order valence-corrected chi connectivity index (χ4v) is 4.27. The first-order valence-electron chi connectivity index (χ1n) is 7.91. The maximum atomic E-state index is 12.7. The van der Waals surface area contributed by atoms with Crippen molar-refractivity contribution in [3.05, 3.63) is 48.4 Å². The van der Waals surface area contributed by atoms with Crippen LogP contribution in [-0.2, 0) is 16.6 Å². The number of hydrogen-bond donors (Lipinski definition) is 1. The third-order valence-corrected chi connectivity index (χ3v) is 5.93. The van der Waals surface area contributed by atoms with Crippen molar-refractivity contribution >= 4 is 15.8 Å². The second-order valence-electron chi connectivity index (χ2n) is 5.74. The van der Waals surface area contributed by atoms with Crippen LogP contribution in [0.15, 0.2) is 47.5 Å². The van der Waals surface area contributed by atoms with Gasteiger partial charge in [-0.3, -0.25) is 4.90 Å². The second kappa shape index (κ2) is 7.25. The number of nitrogens with zero attached hydrogens (tertiary/aromatic N) is 4. The van der Waals surface area contributed by atoms with Gasteiger partial charge in [0.25, 0.3) is 0 Å². The summed E-state index contributed by atoms with van der Waals surface area (Å²) in [6, 6.07) is 10.2. The highest BCUT2D eigenvalue weighted by Crippen LogP contribution is 2.17. The predicted octanol–water partition coefficient (Wildman–Crippen LogP) is 0.955. The topological polar surface area (TPSA) is 92.4 Å². The van der Waals surface area contributed by atoms with Gasteiger partial charge in [-0.1, -0.05) is 18.2 Å². The molecule has 0 amide bonds. The monoisotopic (exact) mass is 347 g/mol. The van der Waals surface area contributed by atoms with Crippen LogP contribution in [0.1, 0.15) is 12.2 Å². The molecule has 8 heteroatoms. The lowest BCUT2D eigenvalue weighted by atomic mass is 10.4. The largest absolute Gasteiger partial charge is 0.384 e. The van der Waals surface area contributed by atoms with E-state index in [9.17, 15) is 8.42 Å². The van der Waals surface area contributed by atoms with E-state index in [0.717, 1.165) is 13.0 Å². The normalized spacial score (nSPS) is 17.5. The second-order valence-corrected chi connectivity index (χ2v) is 7.68. The minimum atomic E-state index is -3.43. The number of anilines is 1. The Labute approximate surface area is 142 Å². The van der Waals surface area contributed by atoms with Crippen molar-refractivity contribution in [1.82, 2.24) is 19.2 Å². The van der Waals surface area contributed by atoms with Crippen LogP contribution < -0.4 is 5.73 Å². The molecule has 24 heavy (non-hydrogen) atoms. The van der Waals surface area contributed by atoms with E-state index in [1.54, 1.807) is 40.8 Å². The van der Waals surface area contributed by atoms with Crippen molar-refractivity contribution < 1.29 is 8.42 Å².